The maximum atomic E-state index is 12.0. The molecule has 4 heterocycles. The number of nitrogens with one attached hydrogen (secondary N) is 1. The summed E-state index contributed by atoms with van der Waals surface area (Å²) in [5.74, 6) is 1.21. The van der Waals surface area contributed by atoms with Crippen LogP contribution in [0.4, 0.5) is 0 Å². The molecule has 2 aliphatic rings. The van der Waals surface area contributed by atoms with Gasteiger partial charge in [0.2, 0.25) is 5.91 Å². The van der Waals surface area contributed by atoms with Crippen LogP contribution in [-0.2, 0) is 41.6 Å². The number of pyridine rings is 1. The lowest BCUT2D eigenvalue weighted by Gasteiger charge is -2.23. The first-order valence-corrected chi connectivity index (χ1v) is 14.4. The number of amides is 3. The van der Waals surface area contributed by atoms with Gasteiger partial charge in [-0.2, -0.15) is 0 Å². The van der Waals surface area contributed by atoms with Crippen LogP contribution in [0, 0.1) is 5.92 Å². The molecule has 12 heteroatoms. The highest BCUT2D eigenvalue weighted by molar-refractivity contribution is 6.13. The van der Waals surface area contributed by atoms with Gasteiger partial charge in [0, 0.05) is 76.4 Å². The van der Waals surface area contributed by atoms with Crippen LogP contribution in [0.3, 0.4) is 0 Å². The second kappa shape index (κ2) is 14.3. The monoisotopic (exact) mass is 579 g/mol. The van der Waals surface area contributed by atoms with Gasteiger partial charge in [0.05, 0.1) is 37.1 Å². The number of aromatic nitrogens is 3. The molecule has 3 aromatic rings. The third kappa shape index (κ3) is 7.30. The standard InChI is InChI=1S/C30H37N5O7/c1-39-12-9-26-33-25-19-32-24-18-22(2-3-23(24)30(25)35(26)20-21-7-13-40-14-8-21)42-17-16-41-15-10-31-27(36)6-11-34-28(37)4-5-29(34)38/h2-5,18-19,21H,6-17,20H2,1H3,(H,31,36). The Morgan fingerprint density at radius 2 is 1.88 bits per heavy atom. The normalized spacial score (nSPS) is 15.8. The molecular weight excluding hydrogens is 542 g/mol. The van der Waals surface area contributed by atoms with Crippen molar-refractivity contribution in [1.29, 1.82) is 0 Å². The highest BCUT2D eigenvalue weighted by Crippen LogP contribution is 2.30. The van der Waals surface area contributed by atoms with Gasteiger partial charge in [0.25, 0.3) is 11.8 Å². The van der Waals surface area contributed by atoms with Gasteiger partial charge in [-0.15, -0.1) is 0 Å². The van der Waals surface area contributed by atoms with Gasteiger partial charge in [-0.05, 0) is 30.9 Å². The minimum Gasteiger partial charge on any atom is -0.491 e. The van der Waals surface area contributed by atoms with E-state index >= 15 is 0 Å². The van der Waals surface area contributed by atoms with Crippen molar-refractivity contribution in [2.45, 2.75) is 32.2 Å². The van der Waals surface area contributed by atoms with Gasteiger partial charge in [0.15, 0.2) is 0 Å². The van der Waals surface area contributed by atoms with Crippen molar-refractivity contribution >= 4 is 39.7 Å². The minimum absolute atomic E-state index is 0.0510. The van der Waals surface area contributed by atoms with Gasteiger partial charge in [0.1, 0.15) is 23.7 Å². The largest absolute Gasteiger partial charge is 0.491 e. The average molecular weight is 580 g/mol. The lowest BCUT2D eigenvalue weighted by atomic mass is 10.00. The molecule has 0 saturated carbocycles. The van der Waals surface area contributed by atoms with Gasteiger partial charge >= 0.3 is 0 Å². The summed E-state index contributed by atoms with van der Waals surface area (Å²) in [6.07, 6.45) is 7.10. The summed E-state index contributed by atoms with van der Waals surface area (Å²) in [5, 5.41) is 3.75. The number of benzene rings is 1. The average Bonchev–Trinajstić information content (AvgIpc) is 3.52. The fourth-order valence-electron chi connectivity index (χ4n) is 5.24. The highest BCUT2D eigenvalue weighted by atomic mass is 16.5. The molecule has 0 bridgehead atoms. The molecule has 1 saturated heterocycles. The molecule has 0 atom stereocenters. The molecule has 3 amide bonds. The summed E-state index contributed by atoms with van der Waals surface area (Å²) < 4.78 is 24.7. The van der Waals surface area contributed by atoms with Gasteiger partial charge in [-0.3, -0.25) is 24.3 Å². The van der Waals surface area contributed by atoms with Crippen LogP contribution in [0.5, 0.6) is 5.75 Å². The van der Waals surface area contributed by atoms with E-state index in [1.807, 2.05) is 24.4 Å². The van der Waals surface area contributed by atoms with E-state index in [0.29, 0.717) is 44.6 Å². The number of nitrogens with zero attached hydrogens (tertiary/aromatic N) is 4. The van der Waals surface area contributed by atoms with E-state index in [9.17, 15) is 14.4 Å². The summed E-state index contributed by atoms with van der Waals surface area (Å²) in [7, 11) is 1.71. The number of imide groups is 1. The smallest absolute Gasteiger partial charge is 0.253 e. The molecule has 0 spiro atoms. The molecule has 224 valence electrons. The number of hydrogen-bond donors (Lipinski definition) is 1. The Kier molecular flexibility index (Phi) is 10.1. The van der Waals surface area contributed by atoms with Crippen LogP contribution >= 0.6 is 0 Å². The Bertz CT molecular complexity index is 1430. The molecule has 5 rings (SSSR count). The number of ether oxygens (including phenoxy) is 4. The van der Waals surface area contributed by atoms with E-state index in [-0.39, 0.29) is 18.9 Å². The molecule has 0 unspecified atom stereocenters. The molecule has 2 aromatic heterocycles. The van der Waals surface area contributed by atoms with E-state index in [1.54, 1.807) is 7.11 Å². The van der Waals surface area contributed by atoms with Crippen LogP contribution in [0.1, 0.15) is 25.1 Å². The number of hydrogen-bond acceptors (Lipinski definition) is 9. The van der Waals surface area contributed by atoms with E-state index in [0.717, 1.165) is 71.7 Å². The summed E-state index contributed by atoms with van der Waals surface area (Å²) in [6.45, 7) is 4.50. The minimum atomic E-state index is -0.393. The van der Waals surface area contributed by atoms with Crippen molar-refractivity contribution in [3.63, 3.8) is 0 Å². The Hall–Kier alpha value is -3.87. The number of fused-ring (bicyclic) bond motifs is 3. The van der Waals surface area contributed by atoms with Crippen molar-refractivity contribution in [1.82, 2.24) is 24.8 Å². The Balaban J connectivity index is 1.11. The number of methoxy groups -OCH3 is 1. The fraction of sp³-hybridized carbons (Fsp3) is 0.500. The molecular formula is C30H37N5O7. The molecule has 1 aromatic carbocycles. The number of carbonyl (C=O) groups is 3. The van der Waals surface area contributed by atoms with Crippen LogP contribution in [0.25, 0.3) is 21.9 Å². The number of imidazole rings is 1. The van der Waals surface area contributed by atoms with Crippen molar-refractivity contribution in [3.05, 3.63) is 42.4 Å². The van der Waals surface area contributed by atoms with E-state index in [4.69, 9.17) is 23.9 Å². The summed E-state index contributed by atoms with van der Waals surface area (Å²) in [4.78, 5) is 45.6. The van der Waals surface area contributed by atoms with Crippen molar-refractivity contribution in [2.75, 3.05) is 59.8 Å². The molecule has 12 nitrogen and oxygen atoms in total. The third-order valence-corrected chi connectivity index (χ3v) is 7.46. The van der Waals surface area contributed by atoms with Crippen LogP contribution in [0.15, 0.2) is 36.5 Å². The van der Waals surface area contributed by atoms with Crippen molar-refractivity contribution < 1.29 is 33.3 Å². The van der Waals surface area contributed by atoms with E-state index in [1.165, 1.54) is 12.2 Å². The second-order valence-corrected chi connectivity index (χ2v) is 10.3. The molecule has 1 N–H and O–H groups in total. The molecule has 2 aliphatic heterocycles. The predicted molar refractivity (Wildman–Crippen MR) is 154 cm³/mol. The van der Waals surface area contributed by atoms with E-state index in [2.05, 4.69) is 14.9 Å². The Morgan fingerprint density at radius 1 is 1.07 bits per heavy atom. The van der Waals surface area contributed by atoms with Gasteiger partial charge < -0.3 is 28.8 Å². The lowest BCUT2D eigenvalue weighted by Crippen LogP contribution is -2.35. The Labute approximate surface area is 243 Å². The zero-order valence-electron chi connectivity index (χ0n) is 23.9. The first-order valence-electron chi connectivity index (χ1n) is 14.4. The zero-order chi connectivity index (χ0) is 29.3. The summed E-state index contributed by atoms with van der Waals surface area (Å²) in [6, 6.07) is 5.91. The third-order valence-electron chi connectivity index (χ3n) is 7.46. The second-order valence-electron chi connectivity index (χ2n) is 10.3. The molecule has 0 radical (unpaired) electrons. The SMILES string of the molecule is COCCc1nc2cnc3cc(OCCOCCNC(=O)CCN4C(=O)C=CC4=O)ccc3c2n1CC1CCOCC1. The number of carbonyl (C=O) groups excluding carboxylic acids is 3. The fourth-order valence-corrected chi connectivity index (χ4v) is 5.24. The van der Waals surface area contributed by atoms with Crippen molar-refractivity contribution in [3.8, 4) is 5.75 Å². The van der Waals surface area contributed by atoms with Crippen molar-refractivity contribution in [2.24, 2.45) is 5.92 Å². The Morgan fingerprint density at radius 3 is 2.67 bits per heavy atom. The molecule has 0 aliphatic carbocycles. The van der Waals surface area contributed by atoms with Crippen LogP contribution in [0.2, 0.25) is 0 Å². The maximum Gasteiger partial charge on any atom is 0.253 e. The maximum absolute atomic E-state index is 12.0. The summed E-state index contributed by atoms with van der Waals surface area (Å²) in [5.41, 5.74) is 2.80. The quantitative estimate of drug-likeness (QED) is 0.212. The molecule has 42 heavy (non-hydrogen) atoms. The zero-order valence-corrected chi connectivity index (χ0v) is 23.9. The first-order chi connectivity index (χ1) is 20.5. The summed E-state index contributed by atoms with van der Waals surface area (Å²) >= 11 is 0. The predicted octanol–water partition coefficient (Wildman–Crippen LogP) is 2.03. The molecule has 1 fully saturated rings. The van der Waals surface area contributed by atoms with E-state index < -0.39 is 11.8 Å². The van der Waals surface area contributed by atoms with Crippen LogP contribution < -0.4 is 10.1 Å². The number of rotatable bonds is 15. The lowest BCUT2D eigenvalue weighted by molar-refractivity contribution is -0.137. The van der Waals surface area contributed by atoms with Gasteiger partial charge in [-0.25, -0.2) is 4.98 Å². The van der Waals surface area contributed by atoms with Gasteiger partial charge in [-0.1, -0.05) is 0 Å². The first kappa shape index (κ1) is 29.6. The van der Waals surface area contributed by atoms with Crippen LogP contribution in [-0.4, -0.2) is 97.0 Å². The highest BCUT2D eigenvalue weighted by Gasteiger charge is 2.23. The topological polar surface area (TPSA) is 134 Å².